The van der Waals surface area contributed by atoms with E-state index in [1.807, 2.05) is 13.0 Å². The van der Waals surface area contributed by atoms with Crippen LogP contribution in [0.25, 0.3) is 0 Å². The van der Waals surface area contributed by atoms with Crippen molar-refractivity contribution in [2.24, 2.45) is 0 Å². The lowest BCUT2D eigenvalue weighted by molar-refractivity contribution is 0.566. The van der Waals surface area contributed by atoms with Crippen LogP contribution in [0.3, 0.4) is 0 Å². The van der Waals surface area contributed by atoms with Crippen LogP contribution in [0, 0.1) is 0 Å². The molecule has 1 atom stereocenters. The summed E-state index contributed by atoms with van der Waals surface area (Å²) < 4.78 is 28.6. The molecule has 2 aromatic carbocycles. The number of hydrogen-bond donors (Lipinski definition) is 1. The van der Waals surface area contributed by atoms with Gasteiger partial charge in [0.15, 0.2) is 0 Å². The van der Waals surface area contributed by atoms with Crippen LogP contribution in [-0.4, -0.2) is 8.42 Å². The normalized spacial score (nSPS) is 15.9. The molecule has 0 unspecified atom stereocenters. The van der Waals surface area contributed by atoms with Gasteiger partial charge in [0.05, 0.1) is 4.90 Å². The maximum Gasteiger partial charge on any atom is 0.241 e. The molecule has 0 saturated heterocycles. The number of halogens is 1. The van der Waals surface area contributed by atoms with Crippen molar-refractivity contribution in [2.45, 2.75) is 43.5 Å². The van der Waals surface area contributed by atoms with E-state index in [0.717, 1.165) is 22.9 Å². The van der Waals surface area contributed by atoms with Crippen LogP contribution in [-0.2, 0) is 22.9 Å². The van der Waals surface area contributed by atoms with Crippen molar-refractivity contribution >= 4 is 26.0 Å². The number of hydrogen-bond acceptors (Lipinski definition) is 2. The molecule has 3 nitrogen and oxygen atoms in total. The Morgan fingerprint density at radius 1 is 1.00 bits per heavy atom. The lowest BCUT2D eigenvalue weighted by atomic mass is 9.89. The fourth-order valence-electron chi connectivity index (χ4n) is 3.01. The predicted octanol–water partition coefficient (Wildman–Crippen LogP) is 4.37. The Labute approximate surface area is 146 Å². The predicted molar refractivity (Wildman–Crippen MR) is 96.0 cm³/mol. The molecule has 0 aliphatic heterocycles. The summed E-state index contributed by atoms with van der Waals surface area (Å²) in [5.41, 5.74) is 3.79. The summed E-state index contributed by atoms with van der Waals surface area (Å²) in [7, 11) is -3.52. The Balaban J connectivity index is 1.80. The molecule has 0 radical (unpaired) electrons. The number of nitrogens with one attached hydrogen (secondary N) is 1. The summed E-state index contributed by atoms with van der Waals surface area (Å²) in [6.45, 7) is 1.89. The van der Waals surface area contributed by atoms with Gasteiger partial charge in [-0.25, -0.2) is 13.1 Å². The fraction of sp³-hybridized carbons (Fsp3) is 0.333. The lowest BCUT2D eigenvalue weighted by Gasteiger charge is -2.20. The van der Waals surface area contributed by atoms with Crippen LogP contribution < -0.4 is 4.72 Å². The Hall–Kier alpha value is -1.17. The van der Waals surface area contributed by atoms with E-state index in [1.165, 1.54) is 24.0 Å². The Morgan fingerprint density at radius 2 is 1.65 bits per heavy atom. The van der Waals surface area contributed by atoms with Gasteiger partial charge in [0.2, 0.25) is 10.0 Å². The van der Waals surface area contributed by atoms with Gasteiger partial charge in [-0.2, -0.15) is 0 Å². The molecule has 0 aromatic heterocycles. The highest BCUT2D eigenvalue weighted by molar-refractivity contribution is 9.10. The molecule has 5 heteroatoms. The highest BCUT2D eigenvalue weighted by Gasteiger charge is 2.19. The van der Waals surface area contributed by atoms with Crippen LogP contribution in [0.1, 0.15) is 42.5 Å². The van der Waals surface area contributed by atoms with Crippen molar-refractivity contribution in [3.8, 4) is 0 Å². The summed E-state index contributed by atoms with van der Waals surface area (Å²) in [6.07, 6.45) is 4.69. The quantitative estimate of drug-likeness (QED) is 0.837. The zero-order valence-electron chi connectivity index (χ0n) is 13.0. The van der Waals surface area contributed by atoms with Gasteiger partial charge in [0, 0.05) is 10.5 Å². The third kappa shape index (κ3) is 3.84. The molecular weight excluding hydrogens is 374 g/mol. The molecule has 1 aliphatic carbocycles. The van der Waals surface area contributed by atoms with E-state index in [2.05, 4.69) is 32.8 Å². The Kier molecular flexibility index (Phi) is 4.90. The summed E-state index contributed by atoms with van der Waals surface area (Å²) in [6, 6.07) is 12.8. The molecule has 0 amide bonds. The minimum Gasteiger partial charge on any atom is -0.207 e. The van der Waals surface area contributed by atoms with E-state index in [-0.39, 0.29) is 10.9 Å². The van der Waals surface area contributed by atoms with E-state index in [1.54, 1.807) is 24.3 Å². The van der Waals surface area contributed by atoms with E-state index in [0.29, 0.717) is 0 Å². The van der Waals surface area contributed by atoms with Gasteiger partial charge in [0.25, 0.3) is 0 Å². The van der Waals surface area contributed by atoms with Crippen LogP contribution >= 0.6 is 15.9 Å². The first-order chi connectivity index (χ1) is 11.0. The van der Waals surface area contributed by atoms with E-state index < -0.39 is 10.0 Å². The van der Waals surface area contributed by atoms with Crippen LogP contribution in [0.2, 0.25) is 0 Å². The summed E-state index contributed by atoms with van der Waals surface area (Å²) >= 11 is 3.32. The Morgan fingerprint density at radius 3 is 2.35 bits per heavy atom. The molecule has 1 N–H and O–H groups in total. The first-order valence-electron chi connectivity index (χ1n) is 7.85. The number of benzene rings is 2. The monoisotopic (exact) mass is 393 g/mol. The van der Waals surface area contributed by atoms with Crippen LogP contribution in [0.15, 0.2) is 51.8 Å². The molecule has 0 spiro atoms. The number of aryl methyl sites for hydroxylation is 2. The molecule has 1 aliphatic rings. The highest BCUT2D eigenvalue weighted by Crippen LogP contribution is 2.25. The van der Waals surface area contributed by atoms with Crippen molar-refractivity contribution in [1.82, 2.24) is 4.72 Å². The lowest BCUT2D eigenvalue weighted by Crippen LogP contribution is -2.27. The molecule has 0 heterocycles. The minimum atomic E-state index is -3.52. The zero-order chi connectivity index (χ0) is 16.4. The largest absolute Gasteiger partial charge is 0.241 e. The van der Waals surface area contributed by atoms with Crippen LogP contribution in [0.5, 0.6) is 0 Å². The molecule has 3 rings (SSSR count). The average molecular weight is 394 g/mol. The fourth-order valence-corrected chi connectivity index (χ4v) is 4.50. The molecule has 23 heavy (non-hydrogen) atoms. The van der Waals surface area contributed by atoms with Crippen molar-refractivity contribution < 1.29 is 8.42 Å². The maximum atomic E-state index is 12.5. The zero-order valence-corrected chi connectivity index (χ0v) is 15.5. The van der Waals surface area contributed by atoms with Crippen molar-refractivity contribution in [2.75, 3.05) is 0 Å². The second kappa shape index (κ2) is 6.75. The molecule has 0 bridgehead atoms. The molecule has 0 saturated carbocycles. The Bertz CT molecular complexity index is 800. The van der Waals surface area contributed by atoms with Crippen LogP contribution in [0.4, 0.5) is 0 Å². The van der Waals surface area contributed by atoms with Gasteiger partial charge >= 0.3 is 0 Å². The number of fused-ring (bicyclic) bond motifs is 1. The smallest absolute Gasteiger partial charge is 0.207 e. The van der Waals surface area contributed by atoms with E-state index in [4.69, 9.17) is 0 Å². The minimum absolute atomic E-state index is 0.254. The van der Waals surface area contributed by atoms with Crippen molar-refractivity contribution in [3.05, 3.63) is 63.6 Å². The standard InChI is InChI=1S/C18H20BrNO2S/c1-13(15-7-6-14-4-2-3-5-16(14)12-15)20-23(21,22)18-10-8-17(19)9-11-18/h6-13,20H,2-5H2,1H3/t13-/m0/s1. The molecule has 122 valence electrons. The van der Waals surface area contributed by atoms with Gasteiger partial charge < -0.3 is 0 Å². The second-order valence-electron chi connectivity index (χ2n) is 6.03. The first kappa shape index (κ1) is 16.7. The number of sulfonamides is 1. The van der Waals surface area contributed by atoms with Gasteiger partial charge in [-0.3, -0.25) is 0 Å². The summed E-state index contributed by atoms with van der Waals surface area (Å²) in [4.78, 5) is 0.283. The van der Waals surface area contributed by atoms with Crippen molar-refractivity contribution in [1.29, 1.82) is 0 Å². The van der Waals surface area contributed by atoms with E-state index in [9.17, 15) is 8.42 Å². The SMILES string of the molecule is C[C@H](NS(=O)(=O)c1ccc(Br)cc1)c1ccc2c(c1)CCCC2. The van der Waals surface area contributed by atoms with Gasteiger partial charge in [-0.05, 0) is 73.6 Å². The molecular formula is C18H20BrNO2S. The third-order valence-corrected chi connectivity index (χ3v) is 6.41. The van der Waals surface area contributed by atoms with E-state index >= 15 is 0 Å². The summed E-state index contributed by atoms with van der Waals surface area (Å²) in [5.74, 6) is 0. The van der Waals surface area contributed by atoms with Gasteiger partial charge in [0.1, 0.15) is 0 Å². The van der Waals surface area contributed by atoms with Gasteiger partial charge in [-0.1, -0.05) is 34.1 Å². The molecule has 2 aromatic rings. The highest BCUT2D eigenvalue weighted by atomic mass is 79.9. The first-order valence-corrected chi connectivity index (χ1v) is 10.1. The number of rotatable bonds is 4. The average Bonchev–Trinajstić information content (AvgIpc) is 2.54. The maximum absolute atomic E-state index is 12.5. The summed E-state index contributed by atoms with van der Waals surface area (Å²) in [5, 5.41) is 0. The molecule has 0 fully saturated rings. The third-order valence-electron chi connectivity index (χ3n) is 4.33. The topological polar surface area (TPSA) is 46.2 Å². The van der Waals surface area contributed by atoms with Gasteiger partial charge in [-0.15, -0.1) is 0 Å². The van der Waals surface area contributed by atoms with Crippen molar-refractivity contribution in [3.63, 3.8) is 0 Å². The second-order valence-corrected chi connectivity index (χ2v) is 8.66.